The molecule has 0 bridgehead atoms. The second-order valence-corrected chi connectivity index (χ2v) is 7.11. The van der Waals surface area contributed by atoms with E-state index in [2.05, 4.69) is 10.1 Å². The first-order valence-corrected chi connectivity index (χ1v) is 9.66. The highest BCUT2D eigenvalue weighted by Gasteiger charge is 2.28. The summed E-state index contributed by atoms with van der Waals surface area (Å²) in [6.45, 7) is 1.11. The van der Waals surface area contributed by atoms with E-state index in [1.165, 1.54) is 25.2 Å². The van der Waals surface area contributed by atoms with Gasteiger partial charge in [-0.15, -0.1) is 0 Å². The van der Waals surface area contributed by atoms with Crippen LogP contribution in [-0.2, 0) is 18.2 Å². The molecule has 1 saturated heterocycles. The van der Waals surface area contributed by atoms with E-state index in [9.17, 15) is 14.0 Å². The molecular weight excluding hydrogens is 387 g/mol. The van der Waals surface area contributed by atoms with Gasteiger partial charge in [-0.1, -0.05) is 24.3 Å². The molecule has 0 radical (unpaired) electrons. The van der Waals surface area contributed by atoms with Crippen LogP contribution in [0.3, 0.4) is 0 Å². The largest absolute Gasteiger partial charge is 0.368 e. The molecule has 154 valence electrons. The molecule has 3 heterocycles. The highest BCUT2D eigenvalue weighted by Crippen LogP contribution is 2.22. The van der Waals surface area contributed by atoms with Crippen molar-refractivity contribution >= 4 is 5.91 Å². The number of morpholine rings is 1. The summed E-state index contributed by atoms with van der Waals surface area (Å²) in [5, 5.41) is 4.04. The molecule has 30 heavy (non-hydrogen) atoms. The fourth-order valence-corrected chi connectivity index (χ4v) is 3.40. The molecule has 1 aromatic carbocycles. The van der Waals surface area contributed by atoms with E-state index in [4.69, 9.17) is 4.74 Å². The maximum atomic E-state index is 14.0. The normalized spacial score (nSPS) is 16.5. The molecule has 4 rings (SSSR count). The number of amides is 1. The van der Waals surface area contributed by atoms with Gasteiger partial charge in [-0.25, -0.2) is 9.07 Å². The number of nitrogens with zero attached hydrogens (tertiary/aromatic N) is 4. The van der Waals surface area contributed by atoms with E-state index in [1.54, 1.807) is 23.1 Å². The van der Waals surface area contributed by atoms with Crippen LogP contribution in [0.4, 0.5) is 4.39 Å². The zero-order chi connectivity index (χ0) is 21.1. The first-order chi connectivity index (χ1) is 14.5. The van der Waals surface area contributed by atoms with Gasteiger partial charge in [-0.3, -0.25) is 14.6 Å². The molecule has 2 aromatic heterocycles. The van der Waals surface area contributed by atoms with E-state index >= 15 is 0 Å². The topological polar surface area (TPSA) is 77.3 Å². The Hall–Kier alpha value is -3.39. The predicted molar refractivity (Wildman–Crippen MR) is 108 cm³/mol. The van der Waals surface area contributed by atoms with Crippen LogP contribution in [0.5, 0.6) is 0 Å². The lowest BCUT2D eigenvalue weighted by Gasteiger charge is -2.32. The molecule has 0 spiro atoms. The van der Waals surface area contributed by atoms with E-state index in [1.807, 2.05) is 18.2 Å². The quantitative estimate of drug-likeness (QED) is 0.661. The molecule has 3 aromatic rings. The van der Waals surface area contributed by atoms with Crippen LogP contribution in [0.2, 0.25) is 0 Å². The number of carbonyl (C=O) groups is 1. The number of hydrogen-bond acceptors (Lipinski definition) is 5. The summed E-state index contributed by atoms with van der Waals surface area (Å²) in [5.74, 6) is -0.526. The minimum absolute atomic E-state index is 0.207. The van der Waals surface area contributed by atoms with Crippen molar-refractivity contribution in [1.82, 2.24) is 19.7 Å². The number of hydrogen-bond donors (Lipinski definition) is 0. The number of aryl methyl sites for hydroxylation is 1. The van der Waals surface area contributed by atoms with Gasteiger partial charge in [-0.05, 0) is 29.8 Å². The third kappa shape index (κ3) is 4.28. The number of aromatic nitrogens is 3. The van der Waals surface area contributed by atoms with Crippen LogP contribution >= 0.6 is 0 Å². The standard InChI is InChI=1S/C22H21FN4O3/c1-26-21(28)10-9-19(25-26)22(29)27-11-12-30-20(14-27)18-8-4-6-16(24-18)13-15-5-2-3-7-17(15)23/h2-10,20H,11-14H2,1H3/t20-/m1/s1. The Kier molecular flexibility index (Phi) is 5.67. The van der Waals surface area contributed by atoms with E-state index in [0.717, 1.165) is 10.4 Å². The summed E-state index contributed by atoms with van der Waals surface area (Å²) < 4.78 is 20.9. The van der Waals surface area contributed by atoms with Crippen LogP contribution in [0.15, 0.2) is 59.4 Å². The van der Waals surface area contributed by atoms with Gasteiger partial charge in [0.05, 0.1) is 18.8 Å². The molecule has 8 heteroatoms. The van der Waals surface area contributed by atoms with Gasteiger partial charge < -0.3 is 9.64 Å². The van der Waals surface area contributed by atoms with Gasteiger partial charge >= 0.3 is 0 Å². The average molecular weight is 408 g/mol. The second-order valence-electron chi connectivity index (χ2n) is 7.11. The minimum atomic E-state index is -0.393. The van der Waals surface area contributed by atoms with Gasteiger partial charge in [0.25, 0.3) is 11.5 Å². The van der Waals surface area contributed by atoms with Crippen molar-refractivity contribution in [2.45, 2.75) is 12.5 Å². The number of ether oxygens (including phenoxy) is 1. The zero-order valence-corrected chi connectivity index (χ0v) is 16.5. The monoisotopic (exact) mass is 408 g/mol. The van der Waals surface area contributed by atoms with Crippen molar-refractivity contribution in [3.05, 3.63) is 93.4 Å². The molecule has 0 N–H and O–H groups in total. The highest BCUT2D eigenvalue weighted by molar-refractivity contribution is 5.92. The molecule has 1 amide bonds. The fraction of sp³-hybridized carbons (Fsp3) is 0.273. The van der Waals surface area contributed by atoms with Gasteiger partial charge in [0.2, 0.25) is 0 Å². The molecule has 1 fully saturated rings. The molecule has 0 aliphatic carbocycles. The Morgan fingerprint density at radius 2 is 2.00 bits per heavy atom. The summed E-state index contributed by atoms with van der Waals surface area (Å²) in [6.07, 6.45) is -0.0199. The van der Waals surface area contributed by atoms with E-state index in [-0.39, 0.29) is 23.0 Å². The third-order valence-corrected chi connectivity index (χ3v) is 5.02. The van der Waals surface area contributed by atoms with Crippen LogP contribution in [0, 0.1) is 5.82 Å². The fourth-order valence-electron chi connectivity index (χ4n) is 3.40. The Labute approximate surface area is 172 Å². The van der Waals surface area contributed by atoms with E-state index < -0.39 is 6.10 Å². The first kappa shape index (κ1) is 19.9. The van der Waals surface area contributed by atoms with Gasteiger partial charge in [0.1, 0.15) is 17.6 Å². The predicted octanol–water partition coefficient (Wildman–Crippen LogP) is 2.12. The molecule has 1 aliphatic rings. The van der Waals surface area contributed by atoms with Crippen LogP contribution in [-0.4, -0.2) is 45.3 Å². The number of benzene rings is 1. The van der Waals surface area contributed by atoms with Crippen molar-refractivity contribution < 1.29 is 13.9 Å². The van der Waals surface area contributed by atoms with Crippen LogP contribution in [0.25, 0.3) is 0 Å². The molecule has 0 unspecified atom stereocenters. The lowest BCUT2D eigenvalue weighted by molar-refractivity contribution is -0.0250. The van der Waals surface area contributed by atoms with Crippen molar-refractivity contribution in [1.29, 1.82) is 0 Å². The van der Waals surface area contributed by atoms with E-state index in [0.29, 0.717) is 37.4 Å². The zero-order valence-electron chi connectivity index (χ0n) is 16.5. The summed E-state index contributed by atoms with van der Waals surface area (Å²) in [5.41, 5.74) is 1.92. The van der Waals surface area contributed by atoms with Crippen molar-refractivity contribution in [2.75, 3.05) is 19.7 Å². The molecule has 7 nitrogen and oxygen atoms in total. The minimum Gasteiger partial charge on any atom is -0.368 e. The van der Waals surface area contributed by atoms with Crippen molar-refractivity contribution in [3.8, 4) is 0 Å². The first-order valence-electron chi connectivity index (χ1n) is 9.66. The number of rotatable bonds is 4. The smallest absolute Gasteiger partial charge is 0.274 e. The summed E-state index contributed by atoms with van der Waals surface area (Å²) in [4.78, 5) is 30.6. The maximum Gasteiger partial charge on any atom is 0.274 e. The lowest BCUT2D eigenvalue weighted by atomic mass is 10.1. The Morgan fingerprint density at radius 1 is 1.17 bits per heavy atom. The second kappa shape index (κ2) is 8.54. The highest BCUT2D eigenvalue weighted by atomic mass is 19.1. The van der Waals surface area contributed by atoms with Gasteiger partial charge in [-0.2, -0.15) is 5.10 Å². The van der Waals surface area contributed by atoms with Gasteiger partial charge in [0.15, 0.2) is 0 Å². The summed E-state index contributed by atoms with van der Waals surface area (Å²) in [7, 11) is 1.51. The molecular formula is C22H21FN4O3. The number of carbonyl (C=O) groups excluding carboxylic acids is 1. The average Bonchev–Trinajstić information content (AvgIpc) is 2.77. The number of halogens is 1. The third-order valence-electron chi connectivity index (χ3n) is 5.02. The SMILES string of the molecule is Cn1nc(C(=O)N2CCO[C@@H](c3cccc(Cc4ccccc4F)n3)C2)ccc1=O. The lowest BCUT2D eigenvalue weighted by Crippen LogP contribution is -2.43. The van der Waals surface area contributed by atoms with Crippen molar-refractivity contribution in [3.63, 3.8) is 0 Å². The van der Waals surface area contributed by atoms with Gasteiger partial charge in [0, 0.05) is 31.8 Å². The summed E-state index contributed by atoms with van der Waals surface area (Å²) >= 11 is 0. The molecule has 1 aliphatic heterocycles. The van der Waals surface area contributed by atoms with Crippen molar-refractivity contribution in [2.24, 2.45) is 7.05 Å². The molecule has 1 atom stereocenters. The molecule has 0 saturated carbocycles. The Bertz CT molecular complexity index is 1130. The van der Waals surface area contributed by atoms with Crippen LogP contribution < -0.4 is 5.56 Å². The number of pyridine rings is 1. The Morgan fingerprint density at radius 3 is 2.80 bits per heavy atom. The Balaban J connectivity index is 1.50. The van der Waals surface area contributed by atoms with Crippen LogP contribution in [0.1, 0.15) is 33.5 Å². The maximum absolute atomic E-state index is 14.0. The summed E-state index contributed by atoms with van der Waals surface area (Å²) in [6, 6.07) is 14.9.